The Bertz CT molecular complexity index is 610. The number of nitrogens with one attached hydrogen (secondary N) is 1. The Balaban J connectivity index is 1.70. The minimum absolute atomic E-state index is 0.686. The molecule has 0 amide bonds. The molecule has 4 heteroatoms. The summed E-state index contributed by atoms with van der Waals surface area (Å²) in [6, 6.07) is 14.2. The van der Waals surface area contributed by atoms with E-state index in [4.69, 9.17) is 14.2 Å². The lowest BCUT2D eigenvalue weighted by Gasteiger charge is -2.26. The van der Waals surface area contributed by atoms with Crippen molar-refractivity contribution in [1.82, 2.24) is 0 Å². The predicted molar refractivity (Wildman–Crippen MR) is 79.9 cm³/mol. The van der Waals surface area contributed by atoms with Crippen LogP contribution in [0.1, 0.15) is 11.1 Å². The van der Waals surface area contributed by atoms with Gasteiger partial charge in [0.15, 0.2) is 0 Å². The third-order valence-corrected chi connectivity index (χ3v) is 3.75. The van der Waals surface area contributed by atoms with Crippen molar-refractivity contribution in [2.75, 3.05) is 21.0 Å². The van der Waals surface area contributed by atoms with Crippen molar-refractivity contribution in [2.24, 2.45) is 0 Å². The van der Waals surface area contributed by atoms with Gasteiger partial charge in [-0.25, -0.2) is 0 Å². The minimum atomic E-state index is 0.686. The van der Waals surface area contributed by atoms with Crippen molar-refractivity contribution < 1.29 is 19.1 Å². The molecule has 2 aromatic rings. The molecule has 110 valence electrons. The second-order valence-corrected chi connectivity index (χ2v) is 5.21. The Morgan fingerprint density at radius 3 is 2.43 bits per heavy atom. The first-order valence-electron chi connectivity index (χ1n) is 7.04. The lowest BCUT2D eigenvalue weighted by molar-refractivity contribution is -0.945. The maximum absolute atomic E-state index is 5.84. The molecular formula is C17H20NO3+. The SMILES string of the molecule is COc1ccc(C[NH+]2COc3ccc(OC)cc3C2)cc1. The van der Waals surface area contributed by atoms with Crippen molar-refractivity contribution >= 4 is 0 Å². The van der Waals surface area contributed by atoms with Crippen molar-refractivity contribution in [2.45, 2.75) is 13.1 Å². The number of rotatable bonds is 4. The number of methoxy groups -OCH3 is 2. The summed E-state index contributed by atoms with van der Waals surface area (Å²) in [6.07, 6.45) is 0. The summed E-state index contributed by atoms with van der Waals surface area (Å²) in [6.45, 7) is 2.56. The number of hydrogen-bond donors (Lipinski definition) is 1. The Labute approximate surface area is 124 Å². The number of fused-ring (bicyclic) bond motifs is 1. The van der Waals surface area contributed by atoms with Crippen LogP contribution < -0.4 is 19.1 Å². The fraction of sp³-hybridized carbons (Fsp3) is 0.294. The third-order valence-electron chi connectivity index (χ3n) is 3.75. The topological polar surface area (TPSA) is 32.1 Å². The van der Waals surface area contributed by atoms with E-state index < -0.39 is 0 Å². The zero-order valence-electron chi connectivity index (χ0n) is 12.4. The molecule has 21 heavy (non-hydrogen) atoms. The third kappa shape index (κ3) is 3.11. The van der Waals surface area contributed by atoms with Crippen LogP contribution in [0.3, 0.4) is 0 Å². The first kappa shape index (κ1) is 13.8. The summed E-state index contributed by atoms with van der Waals surface area (Å²) in [5.74, 6) is 2.73. The average molecular weight is 286 g/mol. The van der Waals surface area contributed by atoms with E-state index in [1.54, 1.807) is 14.2 Å². The second kappa shape index (κ2) is 6.06. The Morgan fingerprint density at radius 2 is 1.71 bits per heavy atom. The van der Waals surface area contributed by atoms with Crippen molar-refractivity contribution in [3.8, 4) is 17.2 Å². The van der Waals surface area contributed by atoms with E-state index in [2.05, 4.69) is 18.2 Å². The Morgan fingerprint density at radius 1 is 1.00 bits per heavy atom. The summed E-state index contributed by atoms with van der Waals surface area (Å²) < 4.78 is 16.3. The van der Waals surface area contributed by atoms with E-state index in [-0.39, 0.29) is 0 Å². The quantitative estimate of drug-likeness (QED) is 0.927. The van der Waals surface area contributed by atoms with E-state index in [1.165, 1.54) is 16.0 Å². The van der Waals surface area contributed by atoms with E-state index in [1.807, 2.05) is 24.3 Å². The zero-order chi connectivity index (χ0) is 14.7. The lowest BCUT2D eigenvalue weighted by atomic mass is 10.1. The number of hydrogen-bond acceptors (Lipinski definition) is 3. The molecular weight excluding hydrogens is 266 g/mol. The van der Waals surface area contributed by atoms with Crippen LogP contribution in [0.15, 0.2) is 42.5 Å². The van der Waals surface area contributed by atoms with E-state index in [0.717, 1.165) is 30.3 Å². The van der Waals surface area contributed by atoms with Gasteiger partial charge in [-0.05, 0) is 42.5 Å². The van der Waals surface area contributed by atoms with E-state index in [9.17, 15) is 0 Å². The predicted octanol–water partition coefficient (Wildman–Crippen LogP) is 1.64. The van der Waals surface area contributed by atoms with Gasteiger partial charge >= 0.3 is 0 Å². The molecule has 0 spiro atoms. The maximum atomic E-state index is 5.84. The molecule has 1 aliphatic heterocycles. The fourth-order valence-corrected chi connectivity index (χ4v) is 2.61. The molecule has 0 radical (unpaired) electrons. The molecule has 1 N–H and O–H groups in total. The molecule has 0 aliphatic carbocycles. The number of benzene rings is 2. The normalized spacial score (nSPS) is 16.8. The van der Waals surface area contributed by atoms with Gasteiger partial charge in [0.2, 0.25) is 6.73 Å². The van der Waals surface area contributed by atoms with Crippen LogP contribution in [0, 0.1) is 0 Å². The highest BCUT2D eigenvalue weighted by Gasteiger charge is 2.21. The summed E-state index contributed by atoms with van der Waals surface area (Å²) >= 11 is 0. The largest absolute Gasteiger partial charge is 0.497 e. The van der Waals surface area contributed by atoms with Crippen molar-refractivity contribution in [3.63, 3.8) is 0 Å². The molecule has 3 rings (SSSR count). The number of quaternary nitrogens is 1. The standard InChI is InChI=1S/C17H19NO3/c1-19-15-5-3-13(4-6-15)10-18-11-14-9-16(20-2)7-8-17(14)21-12-18/h3-9H,10-12H2,1-2H3/p+1. The van der Waals surface area contributed by atoms with Gasteiger partial charge in [-0.2, -0.15) is 0 Å². The zero-order valence-corrected chi connectivity index (χ0v) is 12.4. The van der Waals surface area contributed by atoms with Crippen LogP contribution in [-0.4, -0.2) is 21.0 Å². The van der Waals surface area contributed by atoms with Gasteiger partial charge in [0.05, 0.1) is 19.8 Å². The molecule has 0 fully saturated rings. The van der Waals surface area contributed by atoms with E-state index in [0.29, 0.717) is 6.73 Å². The first-order chi connectivity index (χ1) is 10.3. The molecule has 1 aliphatic rings. The van der Waals surface area contributed by atoms with Gasteiger partial charge in [-0.3, -0.25) is 4.90 Å². The molecule has 4 nitrogen and oxygen atoms in total. The van der Waals surface area contributed by atoms with Crippen LogP contribution in [0.5, 0.6) is 17.2 Å². The Kier molecular flexibility index (Phi) is 3.97. The summed E-state index contributed by atoms with van der Waals surface area (Å²) in [5, 5.41) is 0. The number of ether oxygens (including phenoxy) is 3. The Hall–Kier alpha value is -2.20. The van der Waals surface area contributed by atoms with E-state index >= 15 is 0 Å². The fourth-order valence-electron chi connectivity index (χ4n) is 2.61. The molecule has 0 aromatic heterocycles. The van der Waals surface area contributed by atoms with Crippen LogP contribution in [0.4, 0.5) is 0 Å². The highest BCUT2D eigenvalue weighted by molar-refractivity contribution is 5.40. The van der Waals surface area contributed by atoms with Crippen molar-refractivity contribution in [3.05, 3.63) is 53.6 Å². The first-order valence-corrected chi connectivity index (χ1v) is 7.04. The molecule has 0 bridgehead atoms. The van der Waals surface area contributed by atoms with Crippen molar-refractivity contribution in [1.29, 1.82) is 0 Å². The smallest absolute Gasteiger partial charge is 0.222 e. The van der Waals surface area contributed by atoms with Gasteiger partial charge < -0.3 is 14.2 Å². The molecule has 0 saturated carbocycles. The molecule has 2 aromatic carbocycles. The summed E-state index contributed by atoms with van der Waals surface area (Å²) in [5.41, 5.74) is 2.48. The van der Waals surface area contributed by atoms with Gasteiger partial charge in [0, 0.05) is 5.56 Å². The highest BCUT2D eigenvalue weighted by atomic mass is 16.5. The van der Waals surface area contributed by atoms with Crippen LogP contribution in [0.25, 0.3) is 0 Å². The van der Waals surface area contributed by atoms with Gasteiger partial charge in [-0.1, -0.05) is 0 Å². The van der Waals surface area contributed by atoms with Crippen LogP contribution in [-0.2, 0) is 13.1 Å². The summed E-state index contributed by atoms with van der Waals surface area (Å²) in [7, 11) is 3.37. The molecule has 1 unspecified atom stereocenters. The monoisotopic (exact) mass is 286 g/mol. The van der Waals surface area contributed by atoms with Crippen LogP contribution >= 0.6 is 0 Å². The molecule has 0 saturated heterocycles. The average Bonchev–Trinajstić information content (AvgIpc) is 2.55. The molecule has 1 atom stereocenters. The van der Waals surface area contributed by atoms with Gasteiger partial charge in [0.25, 0.3) is 0 Å². The molecule has 1 heterocycles. The minimum Gasteiger partial charge on any atom is -0.497 e. The van der Waals surface area contributed by atoms with Gasteiger partial charge in [0.1, 0.15) is 30.3 Å². The van der Waals surface area contributed by atoms with Crippen LogP contribution in [0.2, 0.25) is 0 Å². The maximum Gasteiger partial charge on any atom is 0.222 e. The second-order valence-electron chi connectivity index (χ2n) is 5.21. The lowest BCUT2D eigenvalue weighted by Crippen LogP contribution is -3.10. The summed E-state index contributed by atoms with van der Waals surface area (Å²) in [4.78, 5) is 1.38. The van der Waals surface area contributed by atoms with Gasteiger partial charge in [-0.15, -0.1) is 0 Å². The highest BCUT2D eigenvalue weighted by Crippen LogP contribution is 2.24.